The second-order valence-electron chi connectivity index (χ2n) is 8.38. The van der Waals surface area contributed by atoms with Gasteiger partial charge in [-0.2, -0.15) is 0 Å². The van der Waals surface area contributed by atoms with Gasteiger partial charge in [0.2, 0.25) is 0 Å². The maximum Gasteiger partial charge on any atom is 0.276 e. The Kier molecular flexibility index (Phi) is 5.83. The van der Waals surface area contributed by atoms with E-state index >= 15 is 0 Å². The molecule has 4 atom stereocenters. The van der Waals surface area contributed by atoms with Crippen molar-refractivity contribution >= 4 is 33.6 Å². The maximum absolute atomic E-state index is 13.5. The molecule has 13 heteroatoms. The topological polar surface area (TPSA) is 92.7 Å². The van der Waals surface area contributed by atoms with Crippen LogP contribution in [0, 0.1) is 23.4 Å². The zero-order chi connectivity index (χ0) is 23.4. The second-order valence-corrected chi connectivity index (χ2v) is 11.3. The Morgan fingerprint density at radius 2 is 1.94 bits per heavy atom. The number of anilines is 1. The molecule has 1 saturated heterocycles. The fourth-order valence-electron chi connectivity index (χ4n) is 4.08. The van der Waals surface area contributed by atoms with Gasteiger partial charge >= 0.3 is 0 Å². The molecule has 2 aromatic rings. The highest BCUT2D eigenvalue weighted by Gasteiger charge is 2.43. The number of ether oxygens (including phenoxy) is 1. The second kappa shape index (κ2) is 8.53. The largest absolute Gasteiger partial charge is 0.489 e. The number of hydrogen-bond acceptors (Lipinski definition) is 4. The lowest BCUT2D eigenvalue weighted by Gasteiger charge is -2.23. The number of carbonyl (C=O) groups is 1. The third-order valence-electron chi connectivity index (χ3n) is 5.93. The molecule has 1 aromatic heterocycles. The minimum atomic E-state index is -1.71. The molecule has 1 saturated carbocycles. The number of aryl methyl sites for hydroxylation is 1. The highest BCUT2D eigenvalue weighted by atomic mass is 32.2. The van der Waals surface area contributed by atoms with Crippen molar-refractivity contribution in [2.24, 2.45) is 13.0 Å². The van der Waals surface area contributed by atoms with E-state index in [1.165, 1.54) is 10.8 Å². The number of amides is 1. The third kappa shape index (κ3) is 4.22. The van der Waals surface area contributed by atoms with Crippen LogP contribution in [0.5, 0.6) is 5.75 Å². The van der Waals surface area contributed by atoms with E-state index in [4.69, 9.17) is 4.74 Å². The normalized spacial score (nSPS) is 26.0. The highest BCUT2D eigenvalue weighted by molar-refractivity contribution is 7.83. The van der Waals surface area contributed by atoms with Crippen LogP contribution in [-0.4, -0.2) is 54.2 Å². The van der Waals surface area contributed by atoms with Crippen LogP contribution in [0.25, 0.3) is 0 Å². The molecule has 0 radical (unpaired) electrons. The Labute approximate surface area is 192 Å². The lowest BCUT2D eigenvalue weighted by Crippen LogP contribution is -2.41. The van der Waals surface area contributed by atoms with Crippen molar-refractivity contribution in [2.45, 2.75) is 29.0 Å². The number of carbonyl (C=O) groups excluding carboxylic acids is 1. The summed E-state index contributed by atoms with van der Waals surface area (Å²) in [6.45, 7) is 1.19. The van der Waals surface area contributed by atoms with E-state index in [1.54, 1.807) is 7.05 Å². The van der Waals surface area contributed by atoms with Gasteiger partial charge in [0.05, 0.1) is 17.6 Å². The van der Waals surface area contributed by atoms with Crippen molar-refractivity contribution in [3.8, 4) is 5.75 Å². The van der Waals surface area contributed by atoms with E-state index < -0.39 is 45.3 Å². The standard InChI is InChI=1S/C20H21F3N4O4S2/c1-26-8-16-19(18(26)20(28)24-11-4-13(21)17(23)14(22)5-11)31-9-10-6-27(33(30)12-2-3-12)7-15(10)25-32(16)29/h4-5,8,10,12,15,25H,2-3,6-7,9H2,1H3,(H,24,28). The van der Waals surface area contributed by atoms with Crippen LogP contribution < -0.4 is 14.8 Å². The summed E-state index contributed by atoms with van der Waals surface area (Å²) in [7, 11) is -1.24. The molecular weight excluding hydrogens is 481 g/mol. The third-order valence-corrected chi connectivity index (χ3v) is 8.99. The molecule has 2 aliphatic heterocycles. The summed E-state index contributed by atoms with van der Waals surface area (Å²) in [5, 5.41) is 2.52. The number of nitrogens with zero attached hydrogens (tertiary/aromatic N) is 2. The molecule has 3 aliphatic rings. The first-order valence-corrected chi connectivity index (χ1v) is 12.7. The monoisotopic (exact) mass is 502 g/mol. The van der Waals surface area contributed by atoms with Gasteiger partial charge in [0.1, 0.15) is 15.9 Å². The van der Waals surface area contributed by atoms with Gasteiger partial charge in [-0.15, -0.1) is 0 Å². The SMILES string of the molecule is Cn1cc2c(c1C(=O)Nc1cc(F)c(F)c(F)c1)OCC1CN(S(=O)C3CC3)CC1NS2=O. The van der Waals surface area contributed by atoms with Gasteiger partial charge in [-0.05, 0) is 12.8 Å². The minimum Gasteiger partial charge on any atom is -0.489 e. The van der Waals surface area contributed by atoms with Crippen LogP contribution in [0.3, 0.4) is 0 Å². The number of aromatic nitrogens is 1. The van der Waals surface area contributed by atoms with E-state index in [1.807, 2.05) is 4.31 Å². The number of nitrogens with one attached hydrogen (secondary N) is 2. The molecule has 2 N–H and O–H groups in total. The van der Waals surface area contributed by atoms with Crippen LogP contribution in [0.2, 0.25) is 0 Å². The molecular formula is C20H21F3N4O4S2. The fourth-order valence-corrected chi connectivity index (χ4v) is 6.94. The summed E-state index contributed by atoms with van der Waals surface area (Å²) < 4.78 is 78.2. The highest BCUT2D eigenvalue weighted by Crippen LogP contribution is 2.35. The van der Waals surface area contributed by atoms with Gasteiger partial charge in [0.15, 0.2) is 28.9 Å². The molecule has 0 bridgehead atoms. The summed E-state index contributed by atoms with van der Waals surface area (Å²) in [6, 6.07) is 1.15. The van der Waals surface area contributed by atoms with E-state index in [0.717, 1.165) is 12.8 Å². The summed E-state index contributed by atoms with van der Waals surface area (Å²) in [5.74, 6) is -5.28. The van der Waals surface area contributed by atoms with Crippen molar-refractivity contribution < 1.29 is 31.1 Å². The van der Waals surface area contributed by atoms with Gasteiger partial charge in [-0.3, -0.25) is 4.79 Å². The van der Waals surface area contributed by atoms with Gasteiger partial charge in [-0.1, -0.05) is 0 Å². The van der Waals surface area contributed by atoms with Gasteiger partial charge in [0.25, 0.3) is 5.91 Å². The molecule has 0 spiro atoms. The number of fused-ring (bicyclic) bond motifs is 2. The predicted octanol–water partition coefficient (Wildman–Crippen LogP) is 1.83. The molecule has 2 fully saturated rings. The van der Waals surface area contributed by atoms with Gasteiger partial charge < -0.3 is 14.6 Å². The van der Waals surface area contributed by atoms with Gasteiger partial charge in [-0.25, -0.2) is 30.6 Å². The zero-order valence-corrected chi connectivity index (χ0v) is 19.1. The lowest BCUT2D eigenvalue weighted by molar-refractivity contribution is 0.101. The van der Waals surface area contributed by atoms with Crippen LogP contribution >= 0.6 is 0 Å². The molecule has 1 amide bonds. The Morgan fingerprint density at radius 3 is 2.61 bits per heavy atom. The Balaban J connectivity index is 1.38. The van der Waals surface area contributed by atoms with Crippen LogP contribution in [0.15, 0.2) is 23.2 Å². The minimum absolute atomic E-state index is 0.000140. The Hall–Kier alpha value is -2.22. The van der Waals surface area contributed by atoms with E-state index in [9.17, 15) is 26.4 Å². The van der Waals surface area contributed by atoms with E-state index in [2.05, 4.69) is 10.0 Å². The number of rotatable bonds is 4. The zero-order valence-electron chi connectivity index (χ0n) is 17.5. The Morgan fingerprint density at radius 1 is 1.24 bits per heavy atom. The van der Waals surface area contributed by atoms with E-state index in [0.29, 0.717) is 25.2 Å². The van der Waals surface area contributed by atoms with Crippen LogP contribution in [-0.2, 0) is 29.0 Å². The van der Waals surface area contributed by atoms with Gasteiger partial charge in [0, 0.05) is 61.4 Å². The summed E-state index contributed by atoms with van der Waals surface area (Å²) in [6.07, 6.45) is 3.37. The Bertz CT molecular complexity index is 1160. The van der Waals surface area contributed by atoms with Crippen molar-refractivity contribution in [3.05, 3.63) is 41.5 Å². The quantitative estimate of drug-likeness (QED) is 0.624. The number of benzene rings is 1. The number of hydrogen-bond donors (Lipinski definition) is 2. The number of halogens is 3. The first-order valence-electron chi connectivity index (χ1n) is 10.3. The molecule has 3 heterocycles. The fraction of sp³-hybridized carbons (Fsp3) is 0.450. The lowest BCUT2D eigenvalue weighted by atomic mass is 10.1. The first-order chi connectivity index (χ1) is 15.7. The first kappa shape index (κ1) is 22.6. The van der Waals surface area contributed by atoms with Crippen molar-refractivity contribution in [3.63, 3.8) is 0 Å². The maximum atomic E-state index is 13.5. The van der Waals surface area contributed by atoms with E-state index in [-0.39, 0.29) is 45.8 Å². The molecule has 5 rings (SSSR count). The molecule has 4 unspecified atom stereocenters. The molecule has 8 nitrogen and oxygen atoms in total. The molecule has 178 valence electrons. The van der Waals surface area contributed by atoms with Crippen molar-refractivity contribution in [2.75, 3.05) is 25.0 Å². The average Bonchev–Trinajstić information content (AvgIpc) is 3.45. The average molecular weight is 503 g/mol. The van der Waals surface area contributed by atoms with Crippen LogP contribution in [0.1, 0.15) is 23.3 Å². The molecule has 1 aliphatic carbocycles. The summed E-state index contributed by atoms with van der Waals surface area (Å²) in [5.41, 5.74) is -0.273. The summed E-state index contributed by atoms with van der Waals surface area (Å²) >= 11 is 0. The van der Waals surface area contributed by atoms with Crippen molar-refractivity contribution in [1.29, 1.82) is 0 Å². The predicted molar refractivity (Wildman–Crippen MR) is 115 cm³/mol. The molecule has 1 aromatic carbocycles. The smallest absolute Gasteiger partial charge is 0.276 e. The van der Waals surface area contributed by atoms with Crippen LogP contribution in [0.4, 0.5) is 18.9 Å². The summed E-state index contributed by atoms with van der Waals surface area (Å²) in [4.78, 5) is 13.2. The molecule has 33 heavy (non-hydrogen) atoms. The van der Waals surface area contributed by atoms with Crippen molar-refractivity contribution in [1.82, 2.24) is 13.6 Å².